The van der Waals surface area contributed by atoms with E-state index in [4.69, 9.17) is 37.4 Å². The van der Waals surface area contributed by atoms with Crippen molar-refractivity contribution in [2.75, 3.05) is 56.6 Å². The number of alkyl halides is 2. The van der Waals surface area contributed by atoms with Crippen LogP contribution in [0.2, 0.25) is 10.0 Å². The van der Waals surface area contributed by atoms with Crippen molar-refractivity contribution in [1.82, 2.24) is 9.47 Å². The second kappa shape index (κ2) is 16.4. The van der Waals surface area contributed by atoms with E-state index >= 15 is 0 Å². The van der Waals surface area contributed by atoms with E-state index in [2.05, 4.69) is 9.64 Å². The maximum Gasteiger partial charge on any atom is 0.387 e. The van der Waals surface area contributed by atoms with Gasteiger partial charge in [-0.1, -0.05) is 29.3 Å². The molecule has 0 amide bonds. The molecule has 2 aromatic carbocycles. The maximum atomic E-state index is 13.6. The second-order valence-corrected chi connectivity index (χ2v) is 15.5. The number of carbonyl (C=O) groups is 1. The van der Waals surface area contributed by atoms with Crippen LogP contribution in [-0.4, -0.2) is 82.7 Å². The summed E-state index contributed by atoms with van der Waals surface area (Å²) >= 11 is 12.8. The Morgan fingerprint density at radius 3 is 2.48 bits per heavy atom. The predicted octanol–water partition coefficient (Wildman–Crippen LogP) is 5.60. The fourth-order valence-corrected chi connectivity index (χ4v) is 7.53. The molecule has 1 saturated heterocycles. The molecule has 0 N–H and O–H groups in total. The number of morpholine rings is 1. The molecule has 1 saturated carbocycles. The van der Waals surface area contributed by atoms with Crippen LogP contribution in [0.3, 0.4) is 0 Å². The number of benzene rings is 2. The molecule has 280 valence electrons. The van der Waals surface area contributed by atoms with Crippen molar-refractivity contribution in [3.8, 4) is 11.5 Å². The number of halogens is 4. The normalized spacial score (nSPS) is 15.9. The van der Waals surface area contributed by atoms with Gasteiger partial charge in [-0.3, -0.25) is 14.0 Å². The summed E-state index contributed by atoms with van der Waals surface area (Å²) in [5.74, 6) is -0.435. The molecule has 0 spiro atoms. The molecule has 12 nitrogen and oxygen atoms in total. The number of pyridine rings is 1. The van der Waals surface area contributed by atoms with Crippen molar-refractivity contribution in [2.24, 2.45) is 5.92 Å². The quantitative estimate of drug-likeness (QED) is 0.0812. The Bertz CT molecular complexity index is 1980. The van der Waals surface area contributed by atoms with E-state index in [1.54, 1.807) is 35.0 Å². The number of nitrogens with zero attached hydrogens (tertiary/aromatic N) is 4. The third kappa shape index (κ3) is 9.75. The third-order valence-electron chi connectivity index (χ3n) is 8.91. The molecule has 1 aliphatic heterocycles. The molecule has 3 heterocycles. The van der Waals surface area contributed by atoms with Crippen molar-refractivity contribution in [1.29, 1.82) is 0 Å². The van der Waals surface area contributed by atoms with Gasteiger partial charge in [-0.15, -0.1) is 0 Å². The van der Waals surface area contributed by atoms with E-state index in [-0.39, 0.29) is 41.1 Å². The fraction of sp³-hybridized carbons (Fsp3) is 0.429. The van der Waals surface area contributed by atoms with E-state index in [9.17, 15) is 27.2 Å². The fourth-order valence-electron chi connectivity index (χ4n) is 6.02. The first kappa shape index (κ1) is 37.9. The summed E-state index contributed by atoms with van der Waals surface area (Å²) in [4.78, 5) is 15.8. The summed E-state index contributed by atoms with van der Waals surface area (Å²) in [5, 5.41) is 12.7. The van der Waals surface area contributed by atoms with Gasteiger partial charge in [0.2, 0.25) is 10.0 Å². The molecule has 17 heteroatoms. The van der Waals surface area contributed by atoms with Gasteiger partial charge in [0.25, 0.3) is 0 Å². The number of carbonyl (C=O) groups excluding carboxylic acids is 1. The van der Waals surface area contributed by atoms with Crippen LogP contribution < -0.4 is 18.5 Å². The first-order valence-corrected chi connectivity index (χ1v) is 19.3. The molecule has 2 aliphatic rings. The number of hydrogen-bond donors (Lipinski definition) is 0. The number of sulfonamides is 1. The van der Waals surface area contributed by atoms with Crippen LogP contribution >= 0.6 is 23.2 Å². The van der Waals surface area contributed by atoms with E-state index in [0.29, 0.717) is 64.7 Å². The lowest BCUT2D eigenvalue weighted by atomic mass is 10.0. The Morgan fingerprint density at radius 1 is 1.08 bits per heavy atom. The Kier molecular flexibility index (Phi) is 12.0. The molecule has 52 heavy (non-hydrogen) atoms. The van der Waals surface area contributed by atoms with Gasteiger partial charge < -0.3 is 28.7 Å². The number of rotatable bonds is 16. The highest BCUT2D eigenvalue weighted by Crippen LogP contribution is 2.38. The van der Waals surface area contributed by atoms with Crippen molar-refractivity contribution in [3.63, 3.8) is 0 Å². The van der Waals surface area contributed by atoms with Gasteiger partial charge in [-0.2, -0.15) is 13.5 Å². The largest absolute Gasteiger partial charge is 0.619 e. The third-order valence-corrected chi connectivity index (χ3v) is 10.8. The zero-order valence-corrected chi connectivity index (χ0v) is 30.6. The highest BCUT2D eigenvalue weighted by molar-refractivity contribution is 7.92. The minimum Gasteiger partial charge on any atom is -0.619 e. The minimum absolute atomic E-state index is 0.0479. The zero-order valence-electron chi connectivity index (χ0n) is 28.3. The summed E-state index contributed by atoms with van der Waals surface area (Å²) < 4.78 is 77.5. The molecule has 2 aromatic heterocycles. The first-order valence-electron chi connectivity index (χ1n) is 16.7. The first-order chi connectivity index (χ1) is 24.8. The lowest BCUT2D eigenvalue weighted by Crippen LogP contribution is -2.43. The Hall–Kier alpha value is -3.89. The predicted molar refractivity (Wildman–Crippen MR) is 191 cm³/mol. The van der Waals surface area contributed by atoms with Gasteiger partial charge in [0.15, 0.2) is 23.9 Å². The molecule has 1 atom stereocenters. The summed E-state index contributed by atoms with van der Waals surface area (Å²) in [6.45, 7) is 0.503. The number of anilines is 1. The Morgan fingerprint density at radius 2 is 1.81 bits per heavy atom. The lowest BCUT2D eigenvalue weighted by molar-refractivity contribution is -0.605. The van der Waals surface area contributed by atoms with Crippen LogP contribution in [0.1, 0.15) is 30.1 Å². The topological polar surface area (TPSA) is 126 Å². The van der Waals surface area contributed by atoms with Gasteiger partial charge in [-0.25, -0.2) is 8.42 Å². The second-order valence-electron chi connectivity index (χ2n) is 12.8. The summed E-state index contributed by atoms with van der Waals surface area (Å²) in [6.07, 6.45) is 5.97. The Balaban J connectivity index is 1.23. The number of fused-ring (bicyclic) bond motifs is 1. The van der Waals surface area contributed by atoms with E-state index in [1.807, 2.05) is 0 Å². The lowest BCUT2D eigenvalue weighted by Gasteiger charge is -2.30. The van der Waals surface area contributed by atoms with Gasteiger partial charge in [0.05, 0.1) is 31.8 Å². The summed E-state index contributed by atoms with van der Waals surface area (Å²) in [5.41, 5.74) is 1.90. The van der Waals surface area contributed by atoms with Crippen LogP contribution in [-0.2, 0) is 37.3 Å². The highest BCUT2D eigenvalue weighted by atomic mass is 35.5. The van der Waals surface area contributed by atoms with Crippen molar-refractivity contribution < 1.29 is 45.7 Å². The smallest absolute Gasteiger partial charge is 0.387 e. The van der Waals surface area contributed by atoms with E-state index < -0.39 is 28.7 Å². The van der Waals surface area contributed by atoms with E-state index in [1.165, 1.54) is 28.8 Å². The number of aromatic nitrogens is 2. The van der Waals surface area contributed by atoms with Gasteiger partial charge in [0, 0.05) is 55.3 Å². The molecular weight excluding hydrogens is 745 g/mol. The van der Waals surface area contributed by atoms with E-state index in [0.717, 1.165) is 38.3 Å². The average molecular weight is 784 g/mol. The van der Waals surface area contributed by atoms with Crippen LogP contribution in [0.25, 0.3) is 10.9 Å². The molecule has 1 aliphatic carbocycles. The SMILES string of the molecule is CS(=O)(=O)N(CCN1CCOCC1)c1ccc2c(ccn2CC(=O)O[C@@H](Cc2c(Cl)c[n+]([O-])cc2Cl)c2ccc(OC(F)F)c(OCC3CC3)c2)c1. The van der Waals surface area contributed by atoms with Crippen LogP contribution in [0, 0.1) is 11.1 Å². The van der Waals surface area contributed by atoms with Crippen LogP contribution in [0.4, 0.5) is 14.5 Å². The van der Waals surface area contributed by atoms with Crippen molar-refractivity contribution in [3.05, 3.63) is 87.4 Å². The van der Waals surface area contributed by atoms with Crippen LogP contribution in [0.15, 0.2) is 61.1 Å². The van der Waals surface area contributed by atoms with Crippen molar-refractivity contribution in [2.45, 2.75) is 38.5 Å². The molecule has 2 fully saturated rings. The standard InChI is InChI=1S/C35H38Cl2F2N4O8S/c1-52(46,47)43(11-10-40-12-14-48-15-13-40)26-5-6-30-24(16-26)8-9-41(30)21-34(44)50-32(18-27-28(36)19-42(45)20-29(27)37)25-4-7-31(51-35(38)39)33(17-25)49-22-23-2-3-23/h4-9,16-17,19-20,23,32,35H,2-3,10-15,18,21-22H2,1H3/t32-/m0/s1. The Labute approximate surface area is 309 Å². The molecule has 4 aromatic rings. The van der Waals surface area contributed by atoms with Gasteiger partial charge >= 0.3 is 12.6 Å². The summed E-state index contributed by atoms with van der Waals surface area (Å²) in [7, 11) is -3.59. The minimum atomic E-state index is -3.59. The zero-order chi connectivity index (χ0) is 37.0. The van der Waals surface area contributed by atoms with Crippen molar-refractivity contribution >= 4 is 55.8 Å². The molecule has 0 unspecified atom stereocenters. The molecular formula is C35H38Cl2F2N4O8S. The average Bonchev–Trinajstić information content (AvgIpc) is 3.84. The summed E-state index contributed by atoms with van der Waals surface area (Å²) in [6, 6.07) is 11.3. The molecule has 0 bridgehead atoms. The van der Waals surface area contributed by atoms with Crippen LogP contribution in [0.5, 0.6) is 11.5 Å². The molecule has 0 radical (unpaired) electrons. The monoisotopic (exact) mass is 782 g/mol. The molecule has 6 rings (SSSR count). The highest BCUT2D eigenvalue weighted by Gasteiger charge is 2.27. The van der Waals surface area contributed by atoms with Gasteiger partial charge in [0.1, 0.15) is 22.7 Å². The number of esters is 1. The number of hydrogen-bond acceptors (Lipinski definition) is 9. The van der Waals surface area contributed by atoms with Gasteiger partial charge in [-0.05, 0) is 60.7 Å². The number of ether oxygens (including phenoxy) is 4. The maximum absolute atomic E-state index is 13.6.